The molecule has 3 aromatic rings. The van der Waals surface area contributed by atoms with Crippen molar-refractivity contribution in [2.75, 3.05) is 25.1 Å². The number of hydrogen-bond acceptors (Lipinski definition) is 8. The summed E-state index contributed by atoms with van der Waals surface area (Å²) in [5.74, 6) is -0.0992. The van der Waals surface area contributed by atoms with Crippen molar-refractivity contribution in [1.29, 1.82) is 0 Å². The van der Waals surface area contributed by atoms with E-state index in [1.807, 2.05) is 0 Å². The minimum absolute atomic E-state index is 0.101. The highest BCUT2D eigenvalue weighted by atomic mass is 32.1. The highest BCUT2D eigenvalue weighted by Crippen LogP contribution is 2.32. The fourth-order valence-electron chi connectivity index (χ4n) is 3.76. The maximum atomic E-state index is 13.4. The van der Waals surface area contributed by atoms with Gasteiger partial charge in [0.1, 0.15) is 16.3 Å². The normalized spacial score (nSPS) is 13.9. The van der Waals surface area contributed by atoms with Gasteiger partial charge in [-0.05, 0) is 49.2 Å². The van der Waals surface area contributed by atoms with Crippen LogP contribution in [0.4, 0.5) is 10.8 Å². The van der Waals surface area contributed by atoms with Crippen LogP contribution in [0.5, 0.6) is 5.75 Å². The molecule has 33 heavy (non-hydrogen) atoms. The molecule has 1 aliphatic rings. The number of nitro groups is 1. The summed E-state index contributed by atoms with van der Waals surface area (Å²) in [6.45, 7) is 1.66. The molecule has 0 saturated carbocycles. The number of nitro benzene ring substituents is 1. The Kier molecular flexibility index (Phi) is 6.79. The van der Waals surface area contributed by atoms with Crippen LogP contribution in [0.25, 0.3) is 0 Å². The van der Waals surface area contributed by atoms with Gasteiger partial charge in [-0.3, -0.25) is 19.7 Å². The Balaban J connectivity index is 1.73. The Morgan fingerprint density at radius 1 is 0.939 bits per heavy atom. The number of rotatable bonds is 7. The highest BCUT2D eigenvalue weighted by molar-refractivity contribution is 7.18. The topological polar surface area (TPSA) is 103 Å². The van der Waals surface area contributed by atoms with Gasteiger partial charge in [0, 0.05) is 36.3 Å². The minimum atomic E-state index is -0.517. The lowest BCUT2D eigenvalue weighted by Gasteiger charge is -2.18. The molecular weight excluding hydrogens is 442 g/mol. The number of benzene rings is 2. The van der Waals surface area contributed by atoms with Gasteiger partial charge < -0.3 is 9.64 Å². The maximum absolute atomic E-state index is 13.4. The summed E-state index contributed by atoms with van der Waals surface area (Å²) in [5.41, 5.74) is 0.681. The van der Waals surface area contributed by atoms with Gasteiger partial charge in [-0.15, -0.1) is 0 Å². The molecule has 0 amide bonds. The third-order valence-electron chi connectivity index (χ3n) is 5.61. The Hall–Kier alpha value is -3.59. The van der Waals surface area contributed by atoms with E-state index >= 15 is 0 Å². The van der Waals surface area contributed by atoms with E-state index in [0.29, 0.717) is 16.4 Å². The third-order valence-corrected chi connectivity index (χ3v) is 6.72. The molecule has 1 fully saturated rings. The van der Waals surface area contributed by atoms with E-state index in [2.05, 4.69) is 9.88 Å². The minimum Gasteiger partial charge on any atom is -0.497 e. The van der Waals surface area contributed by atoms with E-state index < -0.39 is 4.92 Å². The number of methoxy groups -OCH3 is 1. The number of nitrogens with zero attached hydrogens (tertiary/aromatic N) is 3. The number of aromatic nitrogens is 1. The SMILES string of the molecule is COc1ccc(C(=O)c2nc(N3CCCCCC3)sc2C(=O)c2ccc([N+](=O)[O-])cc2)cc1. The smallest absolute Gasteiger partial charge is 0.269 e. The van der Waals surface area contributed by atoms with Crippen LogP contribution in [0.3, 0.4) is 0 Å². The van der Waals surface area contributed by atoms with Crippen molar-refractivity contribution in [3.05, 3.63) is 80.3 Å². The number of anilines is 1. The second-order valence-electron chi connectivity index (χ2n) is 7.77. The molecule has 1 saturated heterocycles. The number of ketones is 2. The lowest BCUT2D eigenvalue weighted by molar-refractivity contribution is -0.384. The van der Waals surface area contributed by atoms with Gasteiger partial charge in [0.2, 0.25) is 11.6 Å². The predicted octanol–water partition coefficient (Wildman–Crippen LogP) is 4.90. The van der Waals surface area contributed by atoms with Crippen molar-refractivity contribution >= 4 is 33.7 Å². The second-order valence-corrected chi connectivity index (χ2v) is 8.74. The average Bonchev–Trinajstić information content (AvgIpc) is 3.11. The Labute approximate surface area is 195 Å². The van der Waals surface area contributed by atoms with E-state index in [1.165, 1.54) is 35.6 Å². The Morgan fingerprint density at radius 3 is 2.09 bits per heavy atom. The molecule has 0 N–H and O–H groups in total. The van der Waals surface area contributed by atoms with Crippen LogP contribution in [-0.4, -0.2) is 41.7 Å². The summed E-state index contributed by atoms with van der Waals surface area (Å²) < 4.78 is 5.16. The van der Waals surface area contributed by atoms with Crippen molar-refractivity contribution in [2.24, 2.45) is 0 Å². The van der Waals surface area contributed by atoms with Gasteiger partial charge in [-0.2, -0.15) is 0 Å². The monoisotopic (exact) mass is 465 g/mol. The lowest BCUT2D eigenvalue weighted by Crippen LogP contribution is -2.23. The van der Waals surface area contributed by atoms with Gasteiger partial charge in [0.15, 0.2) is 5.13 Å². The van der Waals surface area contributed by atoms with Gasteiger partial charge in [-0.25, -0.2) is 4.98 Å². The van der Waals surface area contributed by atoms with Crippen LogP contribution < -0.4 is 9.64 Å². The fourth-order valence-corrected chi connectivity index (χ4v) is 4.84. The first-order chi connectivity index (χ1) is 16.0. The first-order valence-electron chi connectivity index (χ1n) is 10.7. The maximum Gasteiger partial charge on any atom is 0.269 e. The first-order valence-corrected chi connectivity index (χ1v) is 11.5. The van der Waals surface area contributed by atoms with E-state index in [-0.39, 0.29) is 33.4 Å². The largest absolute Gasteiger partial charge is 0.497 e. The number of hydrogen-bond donors (Lipinski definition) is 0. The van der Waals surface area contributed by atoms with Gasteiger partial charge in [-0.1, -0.05) is 24.2 Å². The van der Waals surface area contributed by atoms with E-state index in [9.17, 15) is 19.7 Å². The molecule has 2 heterocycles. The summed E-state index contributed by atoms with van der Waals surface area (Å²) in [4.78, 5) is 44.1. The zero-order valence-electron chi connectivity index (χ0n) is 18.2. The summed E-state index contributed by atoms with van der Waals surface area (Å²) >= 11 is 1.21. The molecular formula is C24H23N3O5S. The zero-order valence-corrected chi connectivity index (χ0v) is 19.0. The summed E-state index contributed by atoms with van der Waals surface area (Å²) in [7, 11) is 1.55. The third kappa shape index (κ3) is 4.93. The van der Waals surface area contributed by atoms with Crippen molar-refractivity contribution in [2.45, 2.75) is 25.7 Å². The molecule has 0 radical (unpaired) electrons. The average molecular weight is 466 g/mol. The van der Waals surface area contributed by atoms with Crippen molar-refractivity contribution in [3.63, 3.8) is 0 Å². The molecule has 0 atom stereocenters. The molecule has 0 bridgehead atoms. The number of carbonyl (C=O) groups excluding carboxylic acids is 2. The number of non-ortho nitro benzene ring substituents is 1. The lowest BCUT2D eigenvalue weighted by atomic mass is 10.0. The molecule has 0 aliphatic carbocycles. The second kappa shape index (κ2) is 9.91. The molecule has 4 rings (SSSR count). The van der Waals surface area contributed by atoms with Crippen molar-refractivity contribution in [1.82, 2.24) is 4.98 Å². The number of ether oxygens (including phenoxy) is 1. The van der Waals surface area contributed by atoms with Gasteiger partial charge in [0.25, 0.3) is 5.69 Å². The molecule has 9 heteroatoms. The number of carbonyl (C=O) groups is 2. The van der Waals surface area contributed by atoms with E-state index in [0.717, 1.165) is 38.8 Å². The molecule has 8 nitrogen and oxygen atoms in total. The molecule has 1 aromatic heterocycles. The molecule has 170 valence electrons. The Morgan fingerprint density at radius 2 is 1.52 bits per heavy atom. The van der Waals surface area contributed by atoms with Crippen molar-refractivity contribution in [3.8, 4) is 5.75 Å². The Bertz CT molecular complexity index is 1160. The van der Waals surface area contributed by atoms with Gasteiger partial charge in [0.05, 0.1) is 12.0 Å². The van der Waals surface area contributed by atoms with E-state index in [1.54, 1.807) is 31.4 Å². The highest BCUT2D eigenvalue weighted by Gasteiger charge is 2.27. The van der Waals surface area contributed by atoms with Crippen LogP contribution in [0.1, 0.15) is 57.0 Å². The molecule has 2 aromatic carbocycles. The summed E-state index contributed by atoms with van der Waals surface area (Å²) in [6.07, 6.45) is 4.36. The molecule has 1 aliphatic heterocycles. The quantitative estimate of drug-likeness (QED) is 0.278. The summed E-state index contributed by atoms with van der Waals surface area (Å²) in [5, 5.41) is 11.6. The van der Waals surface area contributed by atoms with Crippen LogP contribution >= 0.6 is 11.3 Å². The fraction of sp³-hybridized carbons (Fsp3) is 0.292. The predicted molar refractivity (Wildman–Crippen MR) is 126 cm³/mol. The van der Waals surface area contributed by atoms with Crippen LogP contribution in [0.15, 0.2) is 48.5 Å². The van der Waals surface area contributed by atoms with Crippen LogP contribution in [0, 0.1) is 10.1 Å². The molecule has 0 unspecified atom stereocenters. The van der Waals surface area contributed by atoms with Gasteiger partial charge >= 0.3 is 0 Å². The van der Waals surface area contributed by atoms with Crippen LogP contribution in [0.2, 0.25) is 0 Å². The molecule has 0 spiro atoms. The van der Waals surface area contributed by atoms with Crippen molar-refractivity contribution < 1.29 is 19.2 Å². The first kappa shape index (κ1) is 22.6. The van der Waals surface area contributed by atoms with E-state index in [4.69, 9.17) is 4.74 Å². The van der Waals surface area contributed by atoms with Crippen LogP contribution in [-0.2, 0) is 0 Å². The number of thiazole rings is 1. The summed E-state index contributed by atoms with van der Waals surface area (Å²) in [6, 6.07) is 12.1. The standard InChI is InChI=1S/C24H23N3O5S/c1-32-19-12-8-16(9-13-19)21(28)20-23(22(29)17-6-10-18(11-7-17)27(30)31)33-24(25-20)26-14-4-2-3-5-15-26/h6-13H,2-5,14-15H2,1H3. The zero-order chi connectivity index (χ0) is 23.4.